The molecule has 0 saturated heterocycles. The number of esters is 1. The summed E-state index contributed by atoms with van der Waals surface area (Å²) in [5.41, 5.74) is 4.81. The number of amides is 2. The van der Waals surface area contributed by atoms with Crippen molar-refractivity contribution in [2.45, 2.75) is 45.7 Å². The maximum atomic E-state index is 14.1. The van der Waals surface area contributed by atoms with E-state index in [9.17, 15) is 18.8 Å². The maximum Gasteiger partial charge on any atom is 0.336 e. The zero-order valence-corrected chi connectivity index (χ0v) is 25.6. The number of carbonyl (C=O) groups is 3. The first-order valence-corrected chi connectivity index (χ1v) is 15.2. The minimum atomic E-state index is -0.618. The smallest absolute Gasteiger partial charge is 0.336 e. The first-order chi connectivity index (χ1) is 21.8. The van der Waals surface area contributed by atoms with Gasteiger partial charge in [-0.2, -0.15) is 0 Å². The number of benzene rings is 4. The molecule has 5 rings (SSSR count). The van der Waals surface area contributed by atoms with Gasteiger partial charge in [0.25, 0.3) is 5.91 Å². The molecule has 0 radical (unpaired) electrons. The topological polar surface area (TPSA) is 66.9 Å². The second-order valence-electron chi connectivity index (χ2n) is 11.2. The van der Waals surface area contributed by atoms with Crippen molar-refractivity contribution in [3.05, 3.63) is 154 Å². The van der Waals surface area contributed by atoms with E-state index in [1.807, 2.05) is 71.6 Å². The molecule has 45 heavy (non-hydrogen) atoms. The summed E-state index contributed by atoms with van der Waals surface area (Å²) in [5, 5.41) is 0. The van der Waals surface area contributed by atoms with Crippen LogP contribution in [0, 0.1) is 5.82 Å². The van der Waals surface area contributed by atoms with Crippen LogP contribution in [0.2, 0.25) is 0 Å². The Balaban J connectivity index is 1.41. The number of ether oxygens (including phenoxy) is 1. The highest BCUT2D eigenvalue weighted by Crippen LogP contribution is 2.38. The van der Waals surface area contributed by atoms with Crippen LogP contribution in [0.4, 0.5) is 4.39 Å². The van der Waals surface area contributed by atoms with Crippen LogP contribution < -0.4 is 0 Å². The number of hydrogen-bond acceptors (Lipinski definition) is 4. The van der Waals surface area contributed by atoms with Gasteiger partial charge in [-0.15, -0.1) is 0 Å². The molecule has 1 aliphatic rings. The highest BCUT2D eigenvalue weighted by atomic mass is 19.1. The minimum absolute atomic E-state index is 0.00208. The lowest BCUT2D eigenvalue weighted by molar-refractivity contribution is -0.140. The lowest BCUT2D eigenvalue weighted by Gasteiger charge is -2.34. The third-order valence-corrected chi connectivity index (χ3v) is 8.10. The monoisotopic (exact) mass is 604 g/mol. The zero-order chi connectivity index (χ0) is 31.8. The summed E-state index contributed by atoms with van der Waals surface area (Å²) >= 11 is 0. The Morgan fingerprint density at radius 2 is 1.53 bits per heavy atom. The van der Waals surface area contributed by atoms with Gasteiger partial charge in [-0.25, -0.2) is 9.18 Å². The first-order valence-electron chi connectivity index (χ1n) is 15.2. The molecule has 4 aromatic rings. The number of allylic oxidation sites excluding steroid dienone is 1. The predicted octanol–water partition coefficient (Wildman–Crippen LogP) is 7.06. The number of nitrogens with zero attached hydrogens (tertiary/aromatic N) is 2. The van der Waals surface area contributed by atoms with Crippen LogP contribution >= 0.6 is 0 Å². The standard InChI is InChI=1S/C38H37FN2O4/c1-3-45-38(44)36-27(2)41(35(42)24-34(36)31-17-11-19-33(39)23-31)26-30-16-10-18-32(22-30)37(43)40(25-29-14-8-5-9-15-29)21-20-28-12-6-4-7-13-28/h4-19,22-23,34H,3,20-21,24-26H2,1-2H3. The number of rotatable bonds is 11. The summed E-state index contributed by atoms with van der Waals surface area (Å²) in [6.45, 7) is 4.79. The van der Waals surface area contributed by atoms with E-state index in [2.05, 4.69) is 12.1 Å². The normalized spacial score (nSPS) is 14.8. The molecule has 0 bridgehead atoms. The van der Waals surface area contributed by atoms with Crippen LogP contribution in [0.25, 0.3) is 0 Å². The van der Waals surface area contributed by atoms with Gasteiger partial charge in [-0.3, -0.25) is 9.59 Å². The summed E-state index contributed by atoms with van der Waals surface area (Å²) in [4.78, 5) is 44.0. The van der Waals surface area contributed by atoms with E-state index in [4.69, 9.17) is 4.74 Å². The molecule has 0 fully saturated rings. The predicted molar refractivity (Wildman–Crippen MR) is 171 cm³/mol. The van der Waals surface area contributed by atoms with Crippen LogP contribution in [-0.2, 0) is 33.8 Å². The quantitative estimate of drug-likeness (QED) is 0.172. The Labute approximate surface area is 263 Å². The number of hydrogen-bond donors (Lipinski definition) is 0. The molecule has 7 heteroatoms. The van der Waals surface area contributed by atoms with Crippen molar-refractivity contribution >= 4 is 17.8 Å². The van der Waals surface area contributed by atoms with Crippen LogP contribution in [-0.4, -0.2) is 40.7 Å². The molecule has 1 aliphatic heterocycles. The summed E-state index contributed by atoms with van der Waals surface area (Å²) in [6.07, 6.45) is 0.715. The fourth-order valence-electron chi connectivity index (χ4n) is 5.82. The van der Waals surface area contributed by atoms with E-state index < -0.39 is 17.7 Å². The van der Waals surface area contributed by atoms with Crippen molar-refractivity contribution in [3.63, 3.8) is 0 Å². The maximum absolute atomic E-state index is 14.1. The highest BCUT2D eigenvalue weighted by Gasteiger charge is 2.37. The van der Waals surface area contributed by atoms with Gasteiger partial charge in [0.15, 0.2) is 0 Å². The van der Waals surface area contributed by atoms with E-state index >= 15 is 0 Å². The Kier molecular flexibility index (Phi) is 10.2. The molecule has 0 aliphatic carbocycles. The lowest BCUT2D eigenvalue weighted by atomic mass is 9.83. The van der Waals surface area contributed by atoms with Crippen LogP contribution in [0.5, 0.6) is 0 Å². The SMILES string of the molecule is CCOC(=O)C1=C(C)N(Cc2cccc(C(=O)N(CCc3ccccc3)Cc3ccccc3)c2)C(=O)CC1c1cccc(F)c1. The fourth-order valence-corrected chi connectivity index (χ4v) is 5.82. The third-order valence-electron chi connectivity index (χ3n) is 8.10. The second-order valence-corrected chi connectivity index (χ2v) is 11.2. The van der Waals surface area contributed by atoms with E-state index in [0.717, 1.165) is 16.7 Å². The molecule has 6 nitrogen and oxygen atoms in total. The Bertz CT molecular complexity index is 1690. The van der Waals surface area contributed by atoms with Crippen molar-refractivity contribution in [2.24, 2.45) is 0 Å². The van der Waals surface area contributed by atoms with Crippen LogP contribution in [0.3, 0.4) is 0 Å². The average molecular weight is 605 g/mol. The molecular weight excluding hydrogens is 567 g/mol. The number of halogens is 1. The van der Waals surface area contributed by atoms with Crippen molar-refractivity contribution in [2.75, 3.05) is 13.2 Å². The van der Waals surface area contributed by atoms with Crippen LogP contribution in [0.1, 0.15) is 58.8 Å². The lowest BCUT2D eigenvalue weighted by Crippen LogP contribution is -2.38. The van der Waals surface area contributed by atoms with E-state index in [1.54, 1.807) is 36.9 Å². The largest absolute Gasteiger partial charge is 0.463 e. The average Bonchev–Trinajstić information content (AvgIpc) is 3.05. The molecule has 4 aromatic carbocycles. The summed E-state index contributed by atoms with van der Waals surface area (Å²) < 4.78 is 19.5. The minimum Gasteiger partial charge on any atom is -0.463 e. The van der Waals surface area contributed by atoms with Gasteiger partial charge in [-0.05, 0) is 66.8 Å². The van der Waals surface area contributed by atoms with Crippen molar-refractivity contribution in [1.82, 2.24) is 9.80 Å². The van der Waals surface area contributed by atoms with E-state index in [1.165, 1.54) is 12.1 Å². The molecule has 0 spiro atoms. The molecule has 230 valence electrons. The fraction of sp³-hybridized carbons (Fsp3) is 0.237. The Morgan fingerprint density at radius 1 is 0.867 bits per heavy atom. The van der Waals surface area contributed by atoms with Gasteiger partial charge in [0, 0.05) is 36.7 Å². The zero-order valence-electron chi connectivity index (χ0n) is 25.6. The Morgan fingerprint density at radius 3 is 2.22 bits per heavy atom. The first kappa shape index (κ1) is 31.4. The van der Waals surface area contributed by atoms with Gasteiger partial charge in [0.1, 0.15) is 5.82 Å². The summed E-state index contributed by atoms with van der Waals surface area (Å²) in [7, 11) is 0. The van der Waals surface area contributed by atoms with Crippen LogP contribution in [0.15, 0.2) is 120 Å². The van der Waals surface area contributed by atoms with Gasteiger partial charge in [0.2, 0.25) is 5.91 Å². The summed E-state index contributed by atoms with van der Waals surface area (Å²) in [6, 6.07) is 33.2. The van der Waals surface area contributed by atoms with Crippen molar-refractivity contribution in [3.8, 4) is 0 Å². The third kappa shape index (κ3) is 7.73. The van der Waals surface area contributed by atoms with Gasteiger partial charge in [-0.1, -0.05) is 84.9 Å². The van der Waals surface area contributed by atoms with Gasteiger partial charge < -0.3 is 14.5 Å². The summed E-state index contributed by atoms with van der Waals surface area (Å²) in [5.74, 6) is -1.88. The second kappa shape index (κ2) is 14.6. The molecular formula is C38H37FN2O4. The molecule has 1 heterocycles. The van der Waals surface area contributed by atoms with Crippen molar-refractivity contribution < 1.29 is 23.5 Å². The van der Waals surface area contributed by atoms with Gasteiger partial charge >= 0.3 is 5.97 Å². The number of carbonyl (C=O) groups excluding carboxylic acids is 3. The van der Waals surface area contributed by atoms with E-state index in [-0.39, 0.29) is 31.4 Å². The van der Waals surface area contributed by atoms with Crippen molar-refractivity contribution in [1.29, 1.82) is 0 Å². The van der Waals surface area contributed by atoms with Gasteiger partial charge in [0.05, 0.1) is 18.7 Å². The Hall–Kier alpha value is -5.04. The van der Waals surface area contributed by atoms with E-state index in [0.29, 0.717) is 41.9 Å². The molecule has 0 aromatic heterocycles. The molecule has 2 amide bonds. The molecule has 0 N–H and O–H groups in total. The molecule has 0 saturated carbocycles. The molecule has 1 unspecified atom stereocenters. The highest BCUT2D eigenvalue weighted by molar-refractivity contribution is 5.96. The molecule has 1 atom stereocenters.